The highest BCUT2D eigenvalue weighted by atomic mass is 32.2. The second-order valence-electron chi connectivity index (χ2n) is 9.30. The molecule has 3 fully saturated rings. The van der Waals surface area contributed by atoms with Crippen LogP contribution >= 0.6 is 11.8 Å². The zero-order valence-corrected chi connectivity index (χ0v) is 19.3. The summed E-state index contributed by atoms with van der Waals surface area (Å²) in [5, 5.41) is -0.309. The number of methoxy groups -OCH3 is 1. The maximum atomic E-state index is 13.4. The predicted octanol–water partition coefficient (Wildman–Crippen LogP) is 3.39. The molecular formula is C22H29NO5S2. The first-order chi connectivity index (χ1) is 14.1. The van der Waals surface area contributed by atoms with Gasteiger partial charge in [-0.2, -0.15) is 0 Å². The normalized spacial score (nSPS) is 31.4. The van der Waals surface area contributed by atoms with Gasteiger partial charge in [0.2, 0.25) is 15.9 Å². The van der Waals surface area contributed by atoms with Gasteiger partial charge in [0.15, 0.2) is 0 Å². The van der Waals surface area contributed by atoms with E-state index in [1.165, 1.54) is 23.2 Å². The zero-order chi connectivity index (χ0) is 21.7. The van der Waals surface area contributed by atoms with E-state index < -0.39 is 10.0 Å². The molecule has 1 aromatic rings. The number of fused-ring (bicyclic) bond motifs is 1. The lowest BCUT2D eigenvalue weighted by Gasteiger charge is -2.37. The highest BCUT2D eigenvalue weighted by Gasteiger charge is 2.72. The summed E-state index contributed by atoms with van der Waals surface area (Å²) in [5.74, 6) is -0.0709. The zero-order valence-electron chi connectivity index (χ0n) is 17.7. The number of ether oxygens (including phenoxy) is 1. The van der Waals surface area contributed by atoms with Crippen LogP contribution in [0, 0.1) is 16.7 Å². The molecule has 2 aliphatic carbocycles. The maximum Gasteiger partial charge on any atom is 0.315 e. The summed E-state index contributed by atoms with van der Waals surface area (Å²) in [6.45, 7) is 4.35. The van der Waals surface area contributed by atoms with Gasteiger partial charge in [-0.1, -0.05) is 44.2 Å². The molecule has 0 aromatic heterocycles. The number of rotatable bonds is 6. The molecule has 1 aromatic carbocycles. The number of hydrogen-bond donors (Lipinski definition) is 0. The highest BCUT2D eigenvalue weighted by Crippen LogP contribution is 2.70. The molecule has 2 saturated carbocycles. The lowest BCUT2D eigenvalue weighted by Crippen LogP contribution is -2.44. The highest BCUT2D eigenvalue weighted by molar-refractivity contribution is 8.00. The van der Waals surface area contributed by atoms with Gasteiger partial charge >= 0.3 is 5.97 Å². The van der Waals surface area contributed by atoms with Crippen LogP contribution in [0.25, 0.3) is 0 Å². The van der Waals surface area contributed by atoms with Gasteiger partial charge in [0.1, 0.15) is 0 Å². The van der Waals surface area contributed by atoms with E-state index in [-0.39, 0.29) is 51.9 Å². The van der Waals surface area contributed by atoms with Gasteiger partial charge in [-0.05, 0) is 36.2 Å². The fraction of sp³-hybridized carbons (Fsp3) is 0.636. The van der Waals surface area contributed by atoms with Crippen molar-refractivity contribution in [3.05, 3.63) is 35.9 Å². The summed E-state index contributed by atoms with van der Waals surface area (Å²) >= 11 is 1.32. The standard InChI is InChI=1S/C22H29NO5S2/c1-21(2)16-9-10-22(21)14-30(26,27)23(18(22)11-16)19(24)12-17(29-13-20(25)28-3)15-7-5-4-6-8-15/h4-8,16-18H,9-14H2,1-3H3/t16-,17+,18-,22-/m1/s1. The monoisotopic (exact) mass is 451 g/mol. The third kappa shape index (κ3) is 3.27. The summed E-state index contributed by atoms with van der Waals surface area (Å²) in [6, 6.07) is 9.23. The van der Waals surface area contributed by atoms with Crippen LogP contribution in [-0.2, 0) is 24.3 Å². The molecule has 8 heteroatoms. The Morgan fingerprint density at radius 3 is 2.60 bits per heavy atom. The van der Waals surface area contributed by atoms with Gasteiger partial charge in [0.05, 0.1) is 24.7 Å². The van der Waals surface area contributed by atoms with Crippen LogP contribution in [0.4, 0.5) is 0 Å². The third-order valence-corrected chi connectivity index (χ3v) is 11.0. The van der Waals surface area contributed by atoms with Crippen LogP contribution in [0.1, 0.15) is 50.3 Å². The van der Waals surface area contributed by atoms with E-state index in [4.69, 9.17) is 4.74 Å². The molecule has 1 aliphatic heterocycles. The summed E-state index contributed by atoms with van der Waals surface area (Å²) in [4.78, 5) is 25.1. The van der Waals surface area contributed by atoms with Gasteiger partial charge in [-0.3, -0.25) is 9.59 Å². The molecule has 0 radical (unpaired) electrons. The minimum Gasteiger partial charge on any atom is -0.468 e. The van der Waals surface area contributed by atoms with Gasteiger partial charge < -0.3 is 4.74 Å². The molecule has 4 atom stereocenters. The summed E-state index contributed by atoms with van der Waals surface area (Å²) in [5.41, 5.74) is 0.505. The van der Waals surface area contributed by atoms with E-state index >= 15 is 0 Å². The third-order valence-electron chi connectivity index (χ3n) is 7.82. The first-order valence-corrected chi connectivity index (χ1v) is 13.1. The van der Waals surface area contributed by atoms with E-state index in [0.29, 0.717) is 5.92 Å². The van der Waals surface area contributed by atoms with E-state index in [0.717, 1.165) is 24.8 Å². The quantitative estimate of drug-likeness (QED) is 0.617. The summed E-state index contributed by atoms with van der Waals surface area (Å²) in [6.07, 6.45) is 2.73. The summed E-state index contributed by atoms with van der Waals surface area (Å²) < 4.78 is 32.2. The number of sulfonamides is 1. The van der Waals surface area contributed by atoms with E-state index in [1.807, 2.05) is 30.3 Å². The number of esters is 1. The van der Waals surface area contributed by atoms with E-state index in [9.17, 15) is 18.0 Å². The molecule has 164 valence electrons. The van der Waals surface area contributed by atoms with Gasteiger partial charge in [-0.15, -0.1) is 11.8 Å². The number of benzene rings is 1. The Morgan fingerprint density at radius 2 is 1.97 bits per heavy atom. The van der Waals surface area contributed by atoms with Crippen molar-refractivity contribution < 1.29 is 22.7 Å². The number of amides is 1. The fourth-order valence-corrected chi connectivity index (χ4v) is 9.66. The second-order valence-corrected chi connectivity index (χ2v) is 12.3. The van der Waals surface area contributed by atoms with Crippen LogP contribution in [-0.4, -0.2) is 49.3 Å². The number of nitrogens with zero attached hydrogens (tertiary/aromatic N) is 1. The Bertz CT molecular complexity index is 946. The van der Waals surface area contributed by atoms with Crippen molar-refractivity contribution >= 4 is 33.7 Å². The van der Waals surface area contributed by atoms with Gasteiger partial charge in [-0.25, -0.2) is 12.7 Å². The van der Waals surface area contributed by atoms with Crippen LogP contribution in [0.3, 0.4) is 0 Å². The number of carbonyl (C=O) groups excluding carboxylic acids is 2. The van der Waals surface area contributed by atoms with E-state index in [2.05, 4.69) is 13.8 Å². The molecule has 3 aliphatic rings. The minimum atomic E-state index is -3.64. The maximum absolute atomic E-state index is 13.4. The first-order valence-electron chi connectivity index (χ1n) is 10.4. The first kappa shape index (κ1) is 21.7. The van der Waals surface area contributed by atoms with Crippen molar-refractivity contribution in [2.45, 2.75) is 50.8 Å². The van der Waals surface area contributed by atoms with Crippen molar-refractivity contribution in [2.75, 3.05) is 18.6 Å². The largest absolute Gasteiger partial charge is 0.468 e. The molecule has 6 nitrogen and oxygen atoms in total. The van der Waals surface area contributed by atoms with Crippen molar-refractivity contribution in [1.82, 2.24) is 4.31 Å². The fourth-order valence-electron chi connectivity index (χ4n) is 6.03. The molecule has 0 N–H and O–H groups in total. The predicted molar refractivity (Wildman–Crippen MR) is 116 cm³/mol. The lowest BCUT2D eigenvalue weighted by atomic mass is 9.69. The summed E-state index contributed by atoms with van der Waals surface area (Å²) in [7, 11) is -2.31. The van der Waals surface area contributed by atoms with Crippen molar-refractivity contribution in [2.24, 2.45) is 16.7 Å². The van der Waals surface area contributed by atoms with Crippen LogP contribution in [0.2, 0.25) is 0 Å². The Balaban J connectivity index is 1.59. The average molecular weight is 452 g/mol. The molecule has 1 amide bonds. The van der Waals surface area contributed by atoms with Crippen LogP contribution < -0.4 is 0 Å². The molecule has 30 heavy (non-hydrogen) atoms. The van der Waals surface area contributed by atoms with Crippen LogP contribution in [0.5, 0.6) is 0 Å². The second kappa shape index (κ2) is 7.55. The Hall–Kier alpha value is -1.54. The molecule has 0 unspecified atom stereocenters. The number of carbonyl (C=O) groups is 2. The van der Waals surface area contributed by atoms with Gasteiger partial charge in [0.25, 0.3) is 0 Å². The van der Waals surface area contributed by atoms with Gasteiger partial charge in [0, 0.05) is 17.1 Å². The van der Waals surface area contributed by atoms with Crippen molar-refractivity contribution in [3.63, 3.8) is 0 Å². The molecule has 2 bridgehead atoms. The lowest BCUT2D eigenvalue weighted by molar-refractivity contribution is -0.137. The molecular weight excluding hydrogens is 422 g/mol. The minimum absolute atomic E-state index is 0.0442. The number of thioether (sulfide) groups is 1. The smallest absolute Gasteiger partial charge is 0.315 e. The Kier molecular flexibility index (Phi) is 5.46. The average Bonchev–Trinajstić information content (AvgIpc) is 3.19. The molecule has 4 rings (SSSR count). The van der Waals surface area contributed by atoms with Crippen molar-refractivity contribution in [3.8, 4) is 0 Å². The molecule has 1 spiro atoms. The van der Waals surface area contributed by atoms with Crippen molar-refractivity contribution in [1.29, 1.82) is 0 Å². The SMILES string of the molecule is COC(=O)CS[C@@H](CC(=O)N1[C@@H]2C[C@H]3CC[C@]2(CS1(=O)=O)C3(C)C)c1ccccc1. The Labute approximate surface area is 182 Å². The molecule has 1 heterocycles. The topological polar surface area (TPSA) is 80.8 Å². The molecule has 1 saturated heterocycles. The van der Waals surface area contributed by atoms with Crippen LogP contribution in [0.15, 0.2) is 30.3 Å². The number of hydrogen-bond acceptors (Lipinski definition) is 6. The Morgan fingerprint density at radius 1 is 1.27 bits per heavy atom. The van der Waals surface area contributed by atoms with E-state index in [1.54, 1.807) is 0 Å².